The van der Waals surface area contributed by atoms with Gasteiger partial charge in [-0.2, -0.15) is 0 Å². The van der Waals surface area contributed by atoms with E-state index in [1.807, 2.05) is 19.1 Å². The topological polar surface area (TPSA) is 35.5 Å². The quantitative estimate of drug-likeness (QED) is 0.563. The van der Waals surface area contributed by atoms with Crippen LogP contribution in [0.25, 0.3) is 0 Å². The fraction of sp³-hybridized carbons (Fsp3) is 0.588. The van der Waals surface area contributed by atoms with Gasteiger partial charge in [0.05, 0.1) is 28.6 Å². The molecule has 0 bridgehead atoms. The third-order valence-electron chi connectivity index (χ3n) is 3.73. The summed E-state index contributed by atoms with van der Waals surface area (Å²) in [6, 6.07) is 3.75. The molecule has 1 aromatic rings. The summed E-state index contributed by atoms with van der Waals surface area (Å²) in [5.41, 5.74) is 0.871. The zero-order chi connectivity index (χ0) is 16.1. The fourth-order valence-electron chi connectivity index (χ4n) is 2.36. The second kappa shape index (κ2) is 8.21. The van der Waals surface area contributed by atoms with Crippen molar-refractivity contribution in [2.24, 2.45) is 5.92 Å². The molecule has 1 unspecified atom stereocenters. The third-order valence-corrected chi connectivity index (χ3v) is 4.60. The van der Waals surface area contributed by atoms with Crippen LogP contribution in [0.5, 0.6) is 5.75 Å². The largest absolute Gasteiger partial charge is 0.491 e. The Labute approximate surface area is 145 Å². The summed E-state index contributed by atoms with van der Waals surface area (Å²) in [5, 5.41) is 0.537. The van der Waals surface area contributed by atoms with Gasteiger partial charge in [0.1, 0.15) is 0 Å². The minimum absolute atomic E-state index is 0.195. The number of esters is 1. The van der Waals surface area contributed by atoms with E-state index in [1.54, 1.807) is 0 Å². The summed E-state index contributed by atoms with van der Waals surface area (Å²) in [6.07, 6.45) is 4.10. The van der Waals surface area contributed by atoms with Crippen LogP contribution < -0.4 is 4.74 Å². The lowest BCUT2D eigenvalue weighted by Gasteiger charge is -2.18. The van der Waals surface area contributed by atoms with Crippen molar-refractivity contribution in [3.63, 3.8) is 0 Å². The summed E-state index contributed by atoms with van der Waals surface area (Å²) in [7, 11) is 0. The Balaban J connectivity index is 2.19. The number of halogens is 2. The molecule has 0 aliphatic heterocycles. The summed E-state index contributed by atoms with van der Waals surface area (Å²) >= 11 is 9.87. The number of hydrogen-bond donors (Lipinski definition) is 0. The lowest BCUT2D eigenvalue weighted by Crippen LogP contribution is -2.16. The Hall–Kier alpha value is -0.740. The molecule has 3 nitrogen and oxygen atoms in total. The maximum Gasteiger partial charge on any atom is 0.313 e. The summed E-state index contributed by atoms with van der Waals surface area (Å²) in [6.45, 7) is 4.96. The molecule has 122 valence electrons. The van der Waals surface area contributed by atoms with Crippen molar-refractivity contribution in [2.45, 2.75) is 45.4 Å². The van der Waals surface area contributed by atoms with Gasteiger partial charge >= 0.3 is 5.97 Å². The van der Waals surface area contributed by atoms with Crippen molar-refractivity contribution in [3.05, 3.63) is 27.2 Å². The molecule has 1 fully saturated rings. The van der Waals surface area contributed by atoms with E-state index in [1.165, 1.54) is 12.8 Å². The van der Waals surface area contributed by atoms with Gasteiger partial charge in [-0.3, -0.25) is 4.79 Å². The molecule has 22 heavy (non-hydrogen) atoms. The summed E-state index contributed by atoms with van der Waals surface area (Å²) < 4.78 is 11.8. The first-order valence-electron chi connectivity index (χ1n) is 7.85. The van der Waals surface area contributed by atoms with Crippen LogP contribution in [0.15, 0.2) is 16.6 Å². The Morgan fingerprint density at radius 2 is 2.14 bits per heavy atom. The number of hydrogen-bond acceptors (Lipinski definition) is 3. The van der Waals surface area contributed by atoms with Crippen molar-refractivity contribution in [2.75, 3.05) is 13.2 Å². The average Bonchev–Trinajstić information content (AvgIpc) is 3.28. The van der Waals surface area contributed by atoms with Crippen molar-refractivity contribution in [3.8, 4) is 5.75 Å². The second-order valence-electron chi connectivity index (χ2n) is 5.66. The van der Waals surface area contributed by atoms with Gasteiger partial charge in [0.2, 0.25) is 0 Å². The molecule has 0 saturated heterocycles. The third kappa shape index (κ3) is 4.63. The van der Waals surface area contributed by atoms with Gasteiger partial charge in [0, 0.05) is 0 Å². The first-order chi connectivity index (χ1) is 10.6. The predicted molar refractivity (Wildman–Crippen MR) is 91.7 cm³/mol. The fourth-order valence-corrected chi connectivity index (χ4v) is 3.35. The molecule has 0 radical (unpaired) electrons. The van der Waals surface area contributed by atoms with E-state index in [2.05, 4.69) is 22.9 Å². The van der Waals surface area contributed by atoms with Crippen LogP contribution in [0, 0.1) is 5.92 Å². The SMILES string of the molecule is CCCC(C(=O)OCC)c1cc(Cl)c(OCC2CC2)c(Br)c1. The minimum Gasteiger partial charge on any atom is -0.491 e. The van der Waals surface area contributed by atoms with E-state index in [0.29, 0.717) is 29.9 Å². The Morgan fingerprint density at radius 1 is 1.41 bits per heavy atom. The number of carbonyl (C=O) groups excluding carboxylic acids is 1. The molecule has 1 saturated carbocycles. The van der Waals surface area contributed by atoms with Crippen molar-refractivity contribution >= 4 is 33.5 Å². The monoisotopic (exact) mass is 388 g/mol. The molecule has 0 N–H and O–H groups in total. The lowest BCUT2D eigenvalue weighted by atomic mass is 9.94. The normalized spacial score (nSPS) is 15.5. The molecular formula is C17H22BrClO3. The van der Waals surface area contributed by atoms with Gasteiger partial charge in [0.15, 0.2) is 5.75 Å². The lowest BCUT2D eigenvalue weighted by molar-refractivity contribution is -0.145. The molecule has 0 amide bonds. The highest BCUT2D eigenvalue weighted by atomic mass is 79.9. The molecule has 0 heterocycles. The van der Waals surface area contributed by atoms with Crippen molar-refractivity contribution < 1.29 is 14.3 Å². The van der Waals surface area contributed by atoms with Gasteiger partial charge in [0.25, 0.3) is 0 Å². The Kier molecular flexibility index (Phi) is 6.57. The van der Waals surface area contributed by atoms with Crippen LogP contribution in [-0.4, -0.2) is 19.2 Å². The van der Waals surface area contributed by atoms with Crippen LogP contribution >= 0.6 is 27.5 Å². The Morgan fingerprint density at radius 3 is 2.68 bits per heavy atom. The molecule has 1 aromatic carbocycles. The smallest absolute Gasteiger partial charge is 0.313 e. The predicted octanol–water partition coefficient (Wildman–Crippen LogP) is 5.34. The summed E-state index contributed by atoms with van der Waals surface area (Å²) in [5.74, 6) is 0.849. The maximum absolute atomic E-state index is 12.2. The highest BCUT2D eigenvalue weighted by Crippen LogP contribution is 2.39. The summed E-state index contributed by atoms with van der Waals surface area (Å²) in [4.78, 5) is 12.2. The molecule has 2 rings (SSSR count). The zero-order valence-corrected chi connectivity index (χ0v) is 15.4. The molecule has 0 aromatic heterocycles. The number of ether oxygens (including phenoxy) is 2. The standard InChI is InChI=1S/C17H22BrClO3/c1-3-5-13(17(20)21-4-2)12-8-14(18)16(15(19)9-12)22-10-11-6-7-11/h8-9,11,13H,3-7,10H2,1-2H3. The van der Waals surface area contributed by atoms with Crippen molar-refractivity contribution in [1.29, 1.82) is 0 Å². The molecule has 0 spiro atoms. The molecule has 1 atom stereocenters. The van der Waals surface area contributed by atoms with Crippen LogP contribution in [0.4, 0.5) is 0 Å². The van der Waals surface area contributed by atoms with E-state index >= 15 is 0 Å². The first kappa shape index (κ1) is 17.6. The number of carbonyl (C=O) groups is 1. The van der Waals surface area contributed by atoms with Gasteiger partial charge in [-0.1, -0.05) is 24.9 Å². The second-order valence-corrected chi connectivity index (χ2v) is 6.92. The van der Waals surface area contributed by atoms with E-state index in [-0.39, 0.29) is 11.9 Å². The van der Waals surface area contributed by atoms with Gasteiger partial charge in [-0.25, -0.2) is 0 Å². The van der Waals surface area contributed by atoms with Gasteiger partial charge < -0.3 is 9.47 Å². The van der Waals surface area contributed by atoms with E-state index < -0.39 is 0 Å². The molecule has 5 heteroatoms. The maximum atomic E-state index is 12.2. The zero-order valence-electron chi connectivity index (χ0n) is 13.0. The molecular weight excluding hydrogens is 368 g/mol. The van der Waals surface area contributed by atoms with E-state index in [9.17, 15) is 4.79 Å². The number of benzene rings is 1. The molecule has 1 aliphatic rings. The van der Waals surface area contributed by atoms with Crippen LogP contribution in [0.1, 0.15) is 51.0 Å². The van der Waals surface area contributed by atoms with Gasteiger partial charge in [-0.05, 0) is 65.7 Å². The highest BCUT2D eigenvalue weighted by molar-refractivity contribution is 9.10. The minimum atomic E-state index is -0.281. The van der Waals surface area contributed by atoms with Crippen LogP contribution in [0.2, 0.25) is 5.02 Å². The van der Waals surface area contributed by atoms with Crippen molar-refractivity contribution in [1.82, 2.24) is 0 Å². The van der Waals surface area contributed by atoms with E-state index in [0.717, 1.165) is 22.9 Å². The van der Waals surface area contributed by atoms with E-state index in [4.69, 9.17) is 21.1 Å². The number of rotatable bonds is 8. The Bertz CT molecular complexity index is 506. The van der Waals surface area contributed by atoms with Gasteiger partial charge in [-0.15, -0.1) is 0 Å². The highest BCUT2D eigenvalue weighted by Gasteiger charge is 2.25. The average molecular weight is 390 g/mol. The van der Waals surface area contributed by atoms with Crippen LogP contribution in [0.3, 0.4) is 0 Å². The molecule has 1 aliphatic carbocycles. The first-order valence-corrected chi connectivity index (χ1v) is 9.02. The van der Waals surface area contributed by atoms with Crippen LogP contribution in [-0.2, 0) is 9.53 Å².